The summed E-state index contributed by atoms with van der Waals surface area (Å²) in [7, 11) is 0. The molecule has 0 aliphatic heterocycles. The minimum Gasteiger partial charge on any atom is -0.382 e. The van der Waals surface area contributed by atoms with Crippen LogP contribution in [0.25, 0.3) is 0 Å². The SMILES string of the molecule is CC(NC(=O)c1ccc(N)nn1)C(N)=O. The van der Waals surface area contributed by atoms with Crippen molar-refractivity contribution in [2.24, 2.45) is 5.73 Å². The van der Waals surface area contributed by atoms with Crippen LogP contribution in [0.1, 0.15) is 17.4 Å². The molecule has 1 atom stereocenters. The molecule has 15 heavy (non-hydrogen) atoms. The minimum absolute atomic E-state index is 0.0808. The quantitative estimate of drug-likeness (QED) is 0.568. The zero-order chi connectivity index (χ0) is 11.4. The number of nitrogens with one attached hydrogen (secondary N) is 1. The first-order chi connectivity index (χ1) is 7.00. The molecule has 0 spiro atoms. The highest BCUT2D eigenvalue weighted by molar-refractivity contribution is 5.95. The van der Waals surface area contributed by atoms with Gasteiger partial charge in [-0.25, -0.2) is 0 Å². The Hall–Kier alpha value is -2.18. The van der Waals surface area contributed by atoms with E-state index in [1.807, 2.05) is 0 Å². The van der Waals surface area contributed by atoms with Crippen molar-refractivity contribution >= 4 is 17.6 Å². The van der Waals surface area contributed by atoms with Gasteiger partial charge in [0.15, 0.2) is 5.69 Å². The second-order valence-electron chi connectivity index (χ2n) is 2.94. The maximum Gasteiger partial charge on any atom is 0.272 e. The van der Waals surface area contributed by atoms with E-state index in [-0.39, 0.29) is 11.5 Å². The summed E-state index contributed by atoms with van der Waals surface area (Å²) in [6.07, 6.45) is 0. The van der Waals surface area contributed by atoms with Crippen molar-refractivity contribution < 1.29 is 9.59 Å². The fourth-order valence-electron chi connectivity index (χ4n) is 0.805. The van der Waals surface area contributed by atoms with E-state index < -0.39 is 17.9 Å². The van der Waals surface area contributed by atoms with Crippen LogP contribution in [-0.4, -0.2) is 28.1 Å². The molecule has 1 rings (SSSR count). The van der Waals surface area contributed by atoms with Crippen molar-refractivity contribution in [3.63, 3.8) is 0 Å². The summed E-state index contributed by atoms with van der Waals surface area (Å²) < 4.78 is 0. The van der Waals surface area contributed by atoms with E-state index in [9.17, 15) is 9.59 Å². The smallest absolute Gasteiger partial charge is 0.272 e. The highest BCUT2D eigenvalue weighted by Crippen LogP contribution is 1.97. The van der Waals surface area contributed by atoms with Crippen LogP contribution in [-0.2, 0) is 4.79 Å². The molecular weight excluding hydrogens is 198 g/mol. The predicted molar refractivity (Wildman–Crippen MR) is 52.6 cm³/mol. The van der Waals surface area contributed by atoms with Crippen molar-refractivity contribution in [2.45, 2.75) is 13.0 Å². The molecule has 5 N–H and O–H groups in total. The Kier molecular flexibility index (Phi) is 3.17. The molecule has 0 aromatic carbocycles. The molecule has 1 heterocycles. The Bertz CT molecular complexity index is 375. The zero-order valence-electron chi connectivity index (χ0n) is 8.10. The van der Waals surface area contributed by atoms with Gasteiger partial charge in [-0.05, 0) is 19.1 Å². The van der Waals surface area contributed by atoms with Crippen LogP contribution in [0.15, 0.2) is 12.1 Å². The van der Waals surface area contributed by atoms with Crippen LogP contribution in [0.3, 0.4) is 0 Å². The van der Waals surface area contributed by atoms with Gasteiger partial charge in [0.05, 0.1) is 0 Å². The second kappa shape index (κ2) is 4.36. The number of carbonyl (C=O) groups excluding carboxylic acids is 2. The number of nitrogen functional groups attached to an aromatic ring is 1. The Balaban J connectivity index is 2.69. The van der Waals surface area contributed by atoms with Crippen LogP contribution in [0.4, 0.5) is 5.82 Å². The number of hydrogen-bond donors (Lipinski definition) is 3. The molecule has 2 amide bonds. The summed E-state index contributed by atoms with van der Waals surface area (Å²) in [6, 6.07) is 2.10. The van der Waals surface area contributed by atoms with Crippen LogP contribution >= 0.6 is 0 Å². The summed E-state index contributed by atoms with van der Waals surface area (Å²) in [4.78, 5) is 22.1. The molecule has 7 heteroatoms. The minimum atomic E-state index is -0.753. The van der Waals surface area contributed by atoms with Crippen molar-refractivity contribution in [1.29, 1.82) is 0 Å². The standard InChI is InChI=1S/C8H11N5O2/c1-4(7(10)14)11-8(15)5-2-3-6(9)13-12-5/h2-4H,1H3,(H2,9,13)(H2,10,14)(H,11,15). The van der Waals surface area contributed by atoms with Gasteiger partial charge in [0.1, 0.15) is 11.9 Å². The third-order valence-electron chi connectivity index (χ3n) is 1.69. The van der Waals surface area contributed by atoms with Crippen molar-refractivity contribution in [3.05, 3.63) is 17.8 Å². The van der Waals surface area contributed by atoms with Crippen LogP contribution in [0, 0.1) is 0 Å². The van der Waals surface area contributed by atoms with E-state index >= 15 is 0 Å². The third kappa shape index (κ3) is 2.90. The Morgan fingerprint density at radius 2 is 2.07 bits per heavy atom. The van der Waals surface area contributed by atoms with E-state index in [4.69, 9.17) is 11.5 Å². The molecule has 0 aliphatic rings. The summed E-state index contributed by atoms with van der Waals surface area (Å²) in [5.74, 6) is -0.921. The molecule has 1 aromatic heterocycles. The number of aromatic nitrogens is 2. The summed E-state index contributed by atoms with van der Waals surface area (Å²) in [6.45, 7) is 1.48. The van der Waals surface area contributed by atoms with Crippen molar-refractivity contribution in [3.8, 4) is 0 Å². The predicted octanol–water partition coefficient (Wildman–Crippen LogP) is -1.34. The van der Waals surface area contributed by atoms with Crippen LogP contribution in [0.5, 0.6) is 0 Å². The van der Waals surface area contributed by atoms with Gasteiger partial charge in [-0.3, -0.25) is 9.59 Å². The lowest BCUT2D eigenvalue weighted by Crippen LogP contribution is -2.42. The topological polar surface area (TPSA) is 124 Å². The van der Waals surface area contributed by atoms with Crippen molar-refractivity contribution in [1.82, 2.24) is 15.5 Å². The largest absolute Gasteiger partial charge is 0.382 e. The van der Waals surface area contributed by atoms with Gasteiger partial charge in [-0.2, -0.15) is 0 Å². The third-order valence-corrected chi connectivity index (χ3v) is 1.69. The number of rotatable bonds is 3. The molecule has 80 valence electrons. The van der Waals surface area contributed by atoms with E-state index in [1.165, 1.54) is 19.1 Å². The van der Waals surface area contributed by atoms with Crippen LogP contribution in [0.2, 0.25) is 0 Å². The first kappa shape index (κ1) is 10.9. The fourth-order valence-corrected chi connectivity index (χ4v) is 0.805. The zero-order valence-corrected chi connectivity index (χ0v) is 8.10. The number of amides is 2. The van der Waals surface area contributed by atoms with Gasteiger partial charge >= 0.3 is 0 Å². The van der Waals surface area contributed by atoms with Gasteiger partial charge < -0.3 is 16.8 Å². The second-order valence-corrected chi connectivity index (χ2v) is 2.94. The molecule has 0 aliphatic carbocycles. The Labute approximate surface area is 85.9 Å². The van der Waals surface area contributed by atoms with E-state index in [0.717, 1.165) is 0 Å². The monoisotopic (exact) mass is 209 g/mol. The number of primary amides is 1. The molecule has 0 fully saturated rings. The lowest BCUT2D eigenvalue weighted by Gasteiger charge is -2.08. The number of carbonyl (C=O) groups is 2. The van der Waals surface area contributed by atoms with Crippen LogP contribution < -0.4 is 16.8 Å². The maximum atomic E-state index is 11.4. The summed E-state index contributed by atoms with van der Waals surface area (Å²) in [5, 5.41) is 9.41. The maximum absolute atomic E-state index is 11.4. The van der Waals surface area contributed by atoms with E-state index in [2.05, 4.69) is 15.5 Å². The van der Waals surface area contributed by atoms with Gasteiger partial charge in [0.25, 0.3) is 5.91 Å². The lowest BCUT2D eigenvalue weighted by atomic mass is 10.3. The Morgan fingerprint density at radius 3 is 2.53 bits per heavy atom. The fraction of sp³-hybridized carbons (Fsp3) is 0.250. The van der Waals surface area contributed by atoms with E-state index in [1.54, 1.807) is 0 Å². The highest BCUT2D eigenvalue weighted by atomic mass is 16.2. The molecule has 0 bridgehead atoms. The molecule has 7 nitrogen and oxygen atoms in total. The van der Waals surface area contributed by atoms with Crippen molar-refractivity contribution in [2.75, 3.05) is 5.73 Å². The average molecular weight is 209 g/mol. The normalized spacial score (nSPS) is 11.8. The van der Waals surface area contributed by atoms with Gasteiger partial charge in [-0.1, -0.05) is 0 Å². The summed E-state index contributed by atoms with van der Waals surface area (Å²) >= 11 is 0. The van der Waals surface area contributed by atoms with Gasteiger partial charge in [0.2, 0.25) is 5.91 Å². The molecule has 1 unspecified atom stereocenters. The first-order valence-corrected chi connectivity index (χ1v) is 4.20. The van der Waals surface area contributed by atoms with Gasteiger partial charge in [-0.15, -0.1) is 10.2 Å². The molecular formula is C8H11N5O2. The number of nitrogens with zero attached hydrogens (tertiary/aromatic N) is 2. The lowest BCUT2D eigenvalue weighted by molar-refractivity contribution is -0.119. The van der Waals surface area contributed by atoms with Gasteiger partial charge in [0, 0.05) is 0 Å². The molecule has 0 saturated carbocycles. The van der Waals surface area contributed by atoms with E-state index in [0.29, 0.717) is 0 Å². The Morgan fingerprint density at radius 1 is 1.40 bits per heavy atom. The highest BCUT2D eigenvalue weighted by Gasteiger charge is 2.14. The molecule has 0 radical (unpaired) electrons. The summed E-state index contributed by atoms with van der Waals surface area (Å²) in [5.41, 5.74) is 10.4. The number of anilines is 1. The number of hydrogen-bond acceptors (Lipinski definition) is 5. The molecule has 1 aromatic rings. The molecule has 0 saturated heterocycles. The average Bonchev–Trinajstić information content (AvgIpc) is 2.18. The first-order valence-electron chi connectivity index (χ1n) is 4.20. The number of nitrogens with two attached hydrogens (primary N) is 2.